The van der Waals surface area contributed by atoms with E-state index in [0.717, 1.165) is 22.3 Å². The molecule has 2 unspecified atom stereocenters. The molecule has 1 aliphatic rings. The monoisotopic (exact) mass is 450 g/mol. The van der Waals surface area contributed by atoms with E-state index in [0.29, 0.717) is 0 Å². The number of carbonyl (C=O) groups excluding carboxylic acids is 2. The van der Waals surface area contributed by atoms with Crippen molar-refractivity contribution in [1.82, 2.24) is 10.6 Å². The number of hydrogen-bond donors (Lipinski definition) is 3. The van der Waals surface area contributed by atoms with E-state index in [1.165, 1.54) is 12.2 Å². The molecule has 0 aliphatic heterocycles. The van der Waals surface area contributed by atoms with Crippen LogP contribution >= 0.6 is 0 Å². The predicted molar refractivity (Wildman–Crippen MR) is 108 cm³/mol. The molecular weight excluding hydrogens is 429 g/mol. The highest BCUT2D eigenvalue weighted by Gasteiger charge is 2.47. The first kappa shape index (κ1) is 23.1. The summed E-state index contributed by atoms with van der Waals surface area (Å²) in [6.07, 6.45) is -6.24. The van der Waals surface area contributed by atoms with E-state index in [4.69, 9.17) is 9.84 Å². The number of benzene rings is 2. The highest BCUT2D eigenvalue weighted by Crippen LogP contribution is 2.44. The summed E-state index contributed by atoms with van der Waals surface area (Å²) in [5.41, 5.74) is 3.99. The van der Waals surface area contributed by atoms with E-state index in [1.807, 2.05) is 48.5 Å². The zero-order valence-corrected chi connectivity index (χ0v) is 17.0. The second kappa shape index (κ2) is 9.29. The van der Waals surface area contributed by atoms with Crippen molar-refractivity contribution >= 4 is 18.0 Å². The average molecular weight is 450 g/mol. The lowest BCUT2D eigenvalue weighted by Crippen LogP contribution is -2.56. The summed E-state index contributed by atoms with van der Waals surface area (Å²) >= 11 is 0. The number of hydrogen-bond acceptors (Lipinski definition) is 4. The molecule has 0 radical (unpaired) electrons. The lowest BCUT2D eigenvalue weighted by molar-refractivity contribution is -0.182. The van der Waals surface area contributed by atoms with Gasteiger partial charge in [-0.15, -0.1) is 0 Å². The Morgan fingerprint density at radius 3 is 2.00 bits per heavy atom. The van der Waals surface area contributed by atoms with Gasteiger partial charge in [-0.05, 0) is 28.7 Å². The number of ether oxygens (including phenoxy) is 1. The van der Waals surface area contributed by atoms with Crippen LogP contribution in [-0.4, -0.2) is 47.9 Å². The first-order chi connectivity index (χ1) is 15.1. The van der Waals surface area contributed by atoms with Crippen LogP contribution in [0.1, 0.15) is 30.4 Å². The topological polar surface area (TPSA) is 105 Å². The standard InChI is InChI=1S/C22H21F3N2O5/c1-2-17(19(28)27-18(20(29)30)22(23,24)25)26-21(31)32-11-16-14-9-5-3-7-12(14)13-8-4-6-10-15(13)16/h3-10,16-18H,2,11H2,1H3,(H,26,31)(H,27,28)(H,29,30). The number of nitrogens with one attached hydrogen (secondary N) is 2. The lowest BCUT2D eigenvalue weighted by Gasteiger charge is -2.22. The van der Waals surface area contributed by atoms with Gasteiger partial charge in [-0.25, -0.2) is 9.59 Å². The minimum Gasteiger partial charge on any atom is -0.479 e. The number of carbonyl (C=O) groups is 3. The van der Waals surface area contributed by atoms with Crippen LogP contribution < -0.4 is 10.6 Å². The van der Waals surface area contributed by atoms with Gasteiger partial charge in [-0.1, -0.05) is 55.5 Å². The van der Waals surface area contributed by atoms with Crippen molar-refractivity contribution < 1.29 is 37.4 Å². The molecule has 2 amide bonds. The maximum Gasteiger partial charge on any atom is 0.419 e. The molecule has 2 aromatic carbocycles. The molecule has 0 saturated heterocycles. The normalized spacial score (nSPS) is 14.6. The van der Waals surface area contributed by atoms with Crippen molar-refractivity contribution in [2.75, 3.05) is 6.61 Å². The number of rotatable bonds is 7. The van der Waals surface area contributed by atoms with Crippen molar-refractivity contribution in [1.29, 1.82) is 0 Å². The molecule has 2 aromatic rings. The van der Waals surface area contributed by atoms with Crippen LogP contribution in [0.25, 0.3) is 11.1 Å². The molecule has 0 saturated carbocycles. The highest BCUT2D eigenvalue weighted by atomic mass is 19.4. The first-order valence-corrected chi connectivity index (χ1v) is 9.84. The van der Waals surface area contributed by atoms with E-state index >= 15 is 0 Å². The zero-order chi connectivity index (χ0) is 23.5. The Morgan fingerprint density at radius 1 is 1.00 bits per heavy atom. The van der Waals surface area contributed by atoms with Crippen LogP contribution in [0.4, 0.5) is 18.0 Å². The molecule has 0 fully saturated rings. The molecule has 3 rings (SSSR count). The summed E-state index contributed by atoms with van der Waals surface area (Å²) in [6.45, 7) is 1.41. The molecule has 2 atom stereocenters. The van der Waals surface area contributed by atoms with E-state index in [-0.39, 0.29) is 18.9 Å². The maximum absolute atomic E-state index is 12.8. The molecule has 7 nitrogen and oxygen atoms in total. The van der Waals surface area contributed by atoms with Crippen LogP contribution in [0, 0.1) is 0 Å². The third-order valence-corrected chi connectivity index (χ3v) is 5.22. The fraction of sp³-hybridized carbons (Fsp3) is 0.318. The Kier molecular flexibility index (Phi) is 6.71. The van der Waals surface area contributed by atoms with Gasteiger partial charge in [-0.3, -0.25) is 4.79 Å². The van der Waals surface area contributed by atoms with Crippen LogP contribution in [0.3, 0.4) is 0 Å². The molecule has 0 bridgehead atoms. The van der Waals surface area contributed by atoms with Crippen LogP contribution in [0.15, 0.2) is 48.5 Å². The maximum atomic E-state index is 12.8. The summed E-state index contributed by atoms with van der Waals surface area (Å²) < 4.78 is 43.6. The van der Waals surface area contributed by atoms with Crippen molar-refractivity contribution in [3.8, 4) is 11.1 Å². The van der Waals surface area contributed by atoms with Crippen LogP contribution in [-0.2, 0) is 14.3 Å². The molecule has 0 aromatic heterocycles. The van der Waals surface area contributed by atoms with Gasteiger partial charge in [0.2, 0.25) is 11.9 Å². The van der Waals surface area contributed by atoms with E-state index in [2.05, 4.69) is 5.32 Å². The zero-order valence-electron chi connectivity index (χ0n) is 17.0. The molecule has 32 heavy (non-hydrogen) atoms. The molecule has 0 heterocycles. The third-order valence-electron chi connectivity index (χ3n) is 5.22. The number of alkyl carbamates (subject to hydrolysis) is 1. The molecular formula is C22H21F3N2O5. The SMILES string of the molecule is CCC(NC(=O)OCC1c2ccccc2-c2ccccc21)C(=O)NC(C(=O)O)C(F)(F)F. The first-order valence-electron chi connectivity index (χ1n) is 9.84. The van der Waals surface area contributed by atoms with Gasteiger partial charge in [0.05, 0.1) is 0 Å². The molecule has 3 N–H and O–H groups in total. The summed E-state index contributed by atoms with van der Waals surface area (Å²) in [6, 6.07) is 10.9. The van der Waals surface area contributed by atoms with Gasteiger partial charge in [0.25, 0.3) is 0 Å². The number of aliphatic carboxylic acids is 1. The second-order valence-electron chi connectivity index (χ2n) is 7.25. The van der Waals surface area contributed by atoms with Crippen molar-refractivity contribution in [2.45, 2.75) is 37.5 Å². The Hall–Kier alpha value is -3.56. The Morgan fingerprint density at radius 2 is 1.53 bits per heavy atom. The lowest BCUT2D eigenvalue weighted by atomic mass is 9.98. The van der Waals surface area contributed by atoms with Crippen LogP contribution in [0.2, 0.25) is 0 Å². The second-order valence-corrected chi connectivity index (χ2v) is 7.25. The Bertz CT molecular complexity index is 979. The van der Waals surface area contributed by atoms with Gasteiger partial charge in [0.1, 0.15) is 12.6 Å². The highest BCUT2D eigenvalue weighted by molar-refractivity contribution is 5.89. The van der Waals surface area contributed by atoms with E-state index in [9.17, 15) is 27.6 Å². The van der Waals surface area contributed by atoms with Gasteiger partial charge < -0.3 is 20.5 Å². The fourth-order valence-corrected chi connectivity index (χ4v) is 3.66. The number of fused-ring (bicyclic) bond motifs is 3. The number of alkyl halides is 3. The van der Waals surface area contributed by atoms with Crippen LogP contribution in [0.5, 0.6) is 0 Å². The number of halogens is 3. The minimum absolute atomic E-state index is 0.0434. The summed E-state index contributed by atoms with van der Waals surface area (Å²) in [5, 5.41) is 12.3. The molecule has 170 valence electrons. The van der Waals surface area contributed by atoms with Gasteiger partial charge in [0.15, 0.2) is 0 Å². The fourth-order valence-electron chi connectivity index (χ4n) is 3.66. The summed E-state index contributed by atoms with van der Waals surface area (Å²) in [4.78, 5) is 35.2. The largest absolute Gasteiger partial charge is 0.479 e. The van der Waals surface area contributed by atoms with E-state index < -0.39 is 36.2 Å². The quantitative estimate of drug-likeness (QED) is 0.600. The van der Waals surface area contributed by atoms with E-state index in [1.54, 1.807) is 0 Å². The third kappa shape index (κ3) is 4.84. The van der Waals surface area contributed by atoms with Gasteiger partial charge in [0, 0.05) is 5.92 Å². The minimum atomic E-state index is -5.18. The smallest absolute Gasteiger partial charge is 0.419 e. The Balaban J connectivity index is 1.64. The number of carboxylic acid groups (broad SMARTS) is 1. The number of carboxylic acids is 1. The summed E-state index contributed by atoms with van der Waals surface area (Å²) in [7, 11) is 0. The van der Waals surface area contributed by atoms with Crippen molar-refractivity contribution in [2.24, 2.45) is 0 Å². The molecule has 0 spiro atoms. The van der Waals surface area contributed by atoms with Gasteiger partial charge in [-0.2, -0.15) is 13.2 Å². The molecule has 1 aliphatic carbocycles. The van der Waals surface area contributed by atoms with Crippen molar-refractivity contribution in [3.63, 3.8) is 0 Å². The summed E-state index contributed by atoms with van der Waals surface area (Å²) in [5.74, 6) is -3.75. The number of amides is 2. The van der Waals surface area contributed by atoms with Gasteiger partial charge >= 0.3 is 18.2 Å². The van der Waals surface area contributed by atoms with Crippen molar-refractivity contribution in [3.05, 3.63) is 59.7 Å². The average Bonchev–Trinajstić information content (AvgIpc) is 3.07. The Labute approximate surface area is 181 Å². The molecule has 10 heteroatoms. The predicted octanol–water partition coefficient (Wildman–Crippen LogP) is 3.44.